The molecule has 2 bridgehead atoms. The van der Waals surface area contributed by atoms with E-state index < -0.39 is 0 Å². The standard InChI is InChI=1S/C13H20O3/c1-2-15-5-6-16-13(14)9-12-8-10-3-4-11(12)7-10/h3-4,10-12H,2,5-9H2,1H3. The Bertz CT molecular complexity index is 272. The topological polar surface area (TPSA) is 35.5 Å². The first kappa shape index (κ1) is 11.6. The zero-order chi connectivity index (χ0) is 11.4. The Morgan fingerprint density at radius 1 is 1.31 bits per heavy atom. The number of ether oxygens (including phenoxy) is 2. The van der Waals surface area contributed by atoms with Gasteiger partial charge in [0.1, 0.15) is 6.61 Å². The normalized spacial score (nSPS) is 30.9. The Hall–Kier alpha value is -0.830. The molecule has 0 radical (unpaired) electrons. The molecule has 16 heavy (non-hydrogen) atoms. The number of allylic oxidation sites excluding steroid dienone is 2. The zero-order valence-corrected chi connectivity index (χ0v) is 9.85. The second kappa shape index (κ2) is 5.48. The lowest BCUT2D eigenvalue weighted by molar-refractivity contribution is -0.146. The van der Waals surface area contributed by atoms with Gasteiger partial charge in [-0.05, 0) is 37.5 Å². The molecule has 0 heterocycles. The van der Waals surface area contributed by atoms with Gasteiger partial charge in [-0.1, -0.05) is 12.2 Å². The minimum absolute atomic E-state index is 0.0642. The number of esters is 1. The summed E-state index contributed by atoms with van der Waals surface area (Å²) in [5, 5.41) is 0. The highest BCUT2D eigenvalue weighted by atomic mass is 16.6. The molecular weight excluding hydrogens is 204 g/mol. The van der Waals surface area contributed by atoms with Gasteiger partial charge in [-0.2, -0.15) is 0 Å². The molecule has 0 spiro atoms. The van der Waals surface area contributed by atoms with Gasteiger partial charge in [0.05, 0.1) is 6.61 Å². The van der Waals surface area contributed by atoms with Gasteiger partial charge in [-0.25, -0.2) is 0 Å². The third-order valence-electron chi connectivity index (χ3n) is 3.54. The van der Waals surface area contributed by atoms with Gasteiger partial charge in [0.15, 0.2) is 0 Å². The maximum atomic E-state index is 11.5. The van der Waals surface area contributed by atoms with E-state index in [4.69, 9.17) is 9.47 Å². The number of hydrogen-bond acceptors (Lipinski definition) is 3. The molecular formula is C13H20O3. The van der Waals surface area contributed by atoms with Crippen LogP contribution in [-0.2, 0) is 14.3 Å². The van der Waals surface area contributed by atoms with Crippen molar-refractivity contribution in [3.63, 3.8) is 0 Å². The van der Waals surface area contributed by atoms with E-state index in [-0.39, 0.29) is 5.97 Å². The number of carbonyl (C=O) groups excluding carboxylic acids is 1. The van der Waals surface area contributed by atoms with Crippen molar-refractivity contribution in [2.45, 2.75) is 26.2 Å². The quantitative estimate of drug-likeness (QED) is 0.394. The molecule has 0 amide bonds. The molecule has 0 aromatic carbocycles. The van der Waals surface area contributed by atoms with Gasteiger partial charge < -0.3 is 9.47 Å². The Labute approximate surface area is 96.8 Å². The van der Waals surface area contributed by atoms with E-state index in [2.05, 4.69) is 12.2 Å². The third kappa shape index (κ3) is 2.85. The molecule has 0 aliphatic heterocycles. The molecule has 2 rings (SSSR count). The number of hydrogen-bond donors (Lipinski definition) is 0. The maximum absolute atomic E-state index is 11.5. The fourth-order valence-corrected chi connectivity index (χ4v) is 2.76. The first-order valence-electron chi connectivity index (χ1n) is 6.21. The van der Waals surface area contributed by atoms with Crippen LogP contribution in [0.15, 0.2) is 12.2 Å². The van der Waals surface area contributed by atoms with Crippen LogP contribution < -0.4 is 0 Å². The molecule has 2 aliphatic carbocycles. The van der Waals surface area contributed by atoms with Crippen molar-refractivity contribution in [2.24, 2.45) is 17.8 Å². The van der Waals surface area contributed by atoms with Crippen LogP contribution in [0.25, 0.3) is 0 Å². The van der Waals surface area contributed by atoms with Gasteiger partial charge in [-0.3, -0.25) is 4.79 Å². The van der Waals surface area contributed by atoms with Crippen molar-refractivity contribution in [2.75, 3.05) is 19.8 Å². The van der Waals surface area contributed by atoms with Crippen molar-refractivity contribution in [3.05, 3.63) is 12.2 Å². The molecule has 3 unspecified atom stereocenters. The molecule has 0 aromatic rings. The smallest absolute Gasteiger partial charge is 0.306 e. The Balaban J connectivity index is 1.62. The van der Waals surface area contributed by atoms with Crippen LogP contribution in [0.2, 0.25) is 0 Å². The Kier molecular flexibility index (Phi) is 3.99. The first-order chi connectivity index (χ1) is 7.79. The molecule has 3 atom stereocenters. The van der Waals surface area contributed by atoms with Crippen LogP contribution in [0.3, 0.4) is 0 Å². The summed E-state index contributed by atoms with van der Waals surface area (Å²) in [6.45, 7) is 3.51. The summed E-state index contributed by atoms with van der Waals surface area (Å²) in [5.74, 6) is 1.82. The molecule has 2 aliphatic rings. The summed E-state index contributed by atoms with van der Waals surface area (Å²) >= 11 is 0. The summed E-state index contributed by atoms with van der Waals surface area (Å²) in [6.07, 6.45) is 7.56. The van der Waals surface area contributed by atoms with E-state index in [9.17, 15) is 4.79 Å². The molecule has 0 N–H and O–H groups in total. The molecule has 3 nitrogen and oxygen atoms in total. The van der Waals surface area contributed by atoms with E-state index in [1.54, 1.807) is 0 Å². The van der Waals surface area contributed by atoms with E-state index >= 15 is 0 Å². The van der Waals surface area contributed by atoms with Crippen LogP contribution in [-0.4, -0.2) is 25.8 Å². The summed E-state index contributed by atoms with van der Waals surface area (Å²) in [5.41, 5.74) is 0. The largest absolute Gasteiger partial charge is 0.463 e. The van der Waals surface area contributed by atoms with Crippen LogP contribution in [0.1, 0.15) is 26.2 Å². The van der Waals surface area contributed by atoms with Crippen molar-refractivity contribution in [3.8, 4) is 0 Å². The predicted molar refractivity (Wildman–Crippen MR) is 60.9 cm³/mol. The first-order valence-corrected chi connectivity index (χ1v) is 6.21. The van der Waals surface area contributed by atoms with E-state index in [0.29, 0.717) is 38.1 Å². The Morgan fingerprint density at radius 3 is 2.81 bits per heavy atom. The van der Waals surface area contributed by atoms with Gasteiger partial charge >= 0.3 is 5.97 Å². The van der Waals surface area contributed by atoms with Gasteiger partial charge in [0.2, 0.25) is 0 Å². The van der Waals surface area contributed by atoms with E-state index in [1.807, 2.05) is 6.92 Å². The van der Waals surface area contributed by atoms with Crippen LogP contribution in [0.5, 0.6) is 0 Å². The van der Waals surface area contributed by atoms with Gasteiger partial charge in [0, 0.05) is 13.0 Å². The number of fused-ring (bicyclic) bond motifs is 2. The highest BCUT2D eigenvalue weighted by Crippen LogP contribution is 2.44. The third-order valence-corrected chi connectivity index (χ3v) is 3.54. The van der Waals surface area contributed by atoms with E-state index in [0.717, 1.165) is 5.92 Å². The summed E-state index contributed by atoms with van der Waals surface area (Å²) < 4.78 is 10.2. The predicted octanol–water partition coefficient (Wildman–Crippen LogP) is 2.17. The molecule has 3 heteroatoms. The fraction of sp³-hybridized carbons (Fsp3) is 0.769. The minimum atomic E-state index is -0.0642. The highest BCUT2D eigenvalue weighted by Gasteiger charge is 2.36. The molecule has 0 aromatic heterocycles. The van der Waals surface area contributed by atoms with Crippen LogP contribution in [0, 0.1) is 17.8 Å². The second-order valence-corrected chi connectivity index (χ2v) is 4.66. The summed E-state index contributed by atoms with van der Waals surface area (Å²) in [4.78, 5) is 11.5. The minimum Gasteiger partial charge on any atom is -0.463 e. The average Bonchev–Trinajstić information content (AvgIpc) is 2.86. The number of carbonyl (C=O) groups is 1. The highest BCUT2D eigenvalue weighted by molar-refractivity contribution is 5.69. The van der Waals surface area contributed by atoms with Crippen LogP contribution in [0.4, 0.5) is 0 Å². The fourth-order valence-electron chi connectivity index (χ4n) is 2.76. The lowest BCUT2D eigenvalue weighted by atomic mass is 9.91. The molecule has 1 saturated carbocycles. The average molecular weight is 224 g/mol. The van der Waals surface area contributed by atoms with Gasteiger partial charge in [0.25, 0.3) is 0 Å². The monoisotopic (exact) mass is 224 g/mol. The zero-order valence-electron chi connectivity index (χ0n) is 9.85. The summed E-state index contributed by atoms with van der Waals surface area (Å²) in [6, 6.07) is 0. The maximum Gasteiger partial charge on any atom is 0.306 e. The van der Waals surface area contributed by atoms with Crippen molar-refractivity contribution >= 4 is 5.97 Å². The van der Waals surface area contributed by atoms with Crippen molar-refractivity contribution in [1.82, 2.24) is 0 Å². The van der Waals surface area contributed by atoms with Crippen LogP contribution >= 0.6 is 0 Å². The van der Waals surface area contributed by atoms with E-state index in [1.165, 1.54) is 12.8 Å². The van der Waals surface area contributed by atoms with Crippen molar-refractivity contribution in [1.29, 1.82) is 0 Å². The molecule has 90 valence electrons. The summed E-state index contributed by atoms with van der Waals surface area (Å²) in [7, 11) is 0. The lowest BCUT2D eigenvalue weighted by Crippen LogP contribution is -2.17. The van der Waals surface area contributed by atoms with Gasteiger partial charge in [-0.15, -0.1) is 0 Å². The Morgan fingerprint density at radius 2 is 2.19 bits per heavy atom. The SMILES string of the molecule is CCOCCOC(=O)CC1CC2C=CC1C2. The molecule has 0 saturated heterocycles. The van der Waals surface area contributed by atoms with Crippen molar-refractivity contribution < 1.29 is 14.3 Å². The molecule has 1 fully saturated rings. The lowest BCUT2D eigenvalue weighted by Gasteiger charge is -2.16. The number of rotatable bonds is 6. The second-order valence-electron chi connectivity index (χ2n) is 4.66.